The Hall–Kier alpha value is -1.29. The van der Waals surface area contributed by atoms with Gasteiger partial charge in [0.15, 0.2) is 0 Å². The van der Waals surface area contributed by atoms with Gasteiger partial charge < -0.3 is 0 Å². The molecule has 19 heavy (non-hydrogen) atoms. The maximum Gasteiger partial charge on any atom is 0.129 e. The highest BCUT2D eigenvalue weighted by molar-refractivity contribution is 9.09. The molecule has 0 spiro atoms. The number of hydrogen-bond acceptors (Lipinski definition) is 0. The Morgan fingerprint density at radius 3 is 2.21 bits per heavy atom. The van der Waals surface area contributed by atoms with Gasteiger partial charge in [0.25, 0.3) is 0 Å². The molecule has 0 aliphatic rings. The van der Waals surface area contributed by atoms with E-state index in [-0.39, 0.29) is 22.6 Å². The van der Waals surface area contributed by atoms with Crippen LogP contribution in [0.1, 0.15) is 21.5 Å². The fourth-order valence-electron chi connectivity index (χ4n) is 1.89. The van der Waals surface area contributed by atoms with E-state index in [9.17, 15) is 13.2 Å². The number of halogens is 4. The summed E-state index contributed by atoms with van der Waals surface area (Å²) in [6.07, 6.45) is 0.170. The molecule has 0 bridgehead atoms. The van der Waals surface area contributed by atoms with E-state index in [4.69, 9.17) is 0 Å². The minimum Gasteiger partial charge on any atom is -0.207 e. The minimum atomic E-state index is -0.566. The maximum atomic E-state index is 13.5. The van der Waals surface area contributed by atoms with Gasteiger partial charge in [-0.25, -0.2) is 13.2 Å². The molecule has 4 heteroatoms. The molecule has 1 unspecified atom stereocenters. The van der Waals surface area contributed by atoms with Crippen molar-refractivity contribution in [2.45, 2.75) is 18.2 Å². The predicted octanol–water partition coefficient (Wildman–Crippen LogP) is 5.09. The third kappa shape index (κ3) is 3.18. The van der Waals surface area contributed by atoms with Crippen LogP contribution in [0.3, 0.4) is 0 Å². The lowest BCUT2D eigenvalue weighted by molar-refractivity contribution is 0.554. The highest BCUT2D eigenvalue weighted by Crippen LogP contribution is 2.30. The van der Waals surface area contributed by atoms with E-state index < -0.39 is 11.6 Å². The maximum absolute atomic E-state index is 13.5. The smallest absolute Gasteiger partial charge is 0.129 e. The van der Waals surface area contributed by atoms with Crippen LogP contribution in [-0.2, 0) is 6.42 Å². The largest absolute Gasteiger partial charge is 0.207 e. The van der Waals surface area contributed by atoms with E-state index in [0.29, 0.717) is 5.56 Å². The zero-order valence-electron chi connectivity index (χ0n) is 10.3. The van der Waals surface area contributed by atoms with Gasteiger partial charge >= 0.3 is 0 Å². The van der Waals surface area contributed by atoms with Crippen molar-refractivity contribution in [3.8, 4) is 0 Å². The average Bonchev–Trinajstić information content (AvgIpc) is 2.37. The molecule has 2 aromatic rings. The second-order valence-electron chi connectivity index (χ2n) is 4.38. The lowest BCUT2D eigenvalue weighted by atomic mass is 10.0. The molecule has 0 N–H and O–H groups in total. The molecular weight excluding hydrogens is 317 g/mol. The number of benzene rings is 2. The molecule has 0 radical (unpaired) electrons. The van der Waals surface area contributed by atoms with E-state index in [1.54, 1.807) is 19.1 Å². The van der Waals surface area contributed by atoms with Crippen molar-refractivity contribution < 1.29 is 13.2 Å². The van der Waals surface area contributed by atoms with Gasteiger partial charge in [0.2, 0.25) is 0 Å². The van der Waals surface area contributed by atoms with E-state index in [0.717, 1.165) is 5.56 Å². The Bertz CT molecular complexity index is 576. The average molecular weight is 329 g/mol. The van der Waals surface area contributed by atoms with Crippen LogP contribution in [0.25, 0.3) is 0 Å². The molecule has 0 saturated carbocycles. The quantitative estimate of drug-likeness (QED) is 0.688. The molecular formula is C15H12BrF3. The topological polar surface area (TPSA) is 0 Å². The predicted molar refractivity (Wildman–Crippen MR) is 72.9 cm³/mol. The first kappa shape index (κ1) is 14.1. The number of alkyl halides is 1. The Labute approximate surface area is 118 Å². The van der Waals surface area contributed by atoms with E-state index in [2.05, 4.69) is 15.9 Å². The first-order valence-corrected chi connectivity index (χ1v) is 6.73. The van der Waals surface area contributed by atoms with E-state index in [1.807, 2.05) is 0 Å². The van der Waals surface area contributed by atoms with E-state index in [1.165, 1.54) is 24.3 Å². The SMILES string of the molecule is Cc1cc(C(Br)Cc2c(F)cccc2F)ccc1F. The van der Waals surface area contributed by atoms with Crippen LogP contribution in [0.2, 0.25) is 0 Å². The van der Waals surface area contributed by atoms with Crippen LogP contribution in [0.4, 0.5) is 13.2 Å². The van der Waals surface area contributed by atoms with Crippen LogP contribution in [0.5, 0.6) is 0 Å². The molecule has 100 valence electrons. The van der Waals surface area contributed by atoms with Gasteiger partial charge in [0.1, 0.15) is 17.5 Å². The summed E-state index contributed by atoms with van der Waals surface area (Å²) in [6, 6.07) is 8.44. The highest BCUT2D eigenvalue weighted by Gasteiger charge is 2.15. The van der Waals surface area contributed by atoms with Gasteiger partial charge in [-0.15, -0.1) is 0 Å². The highest BCUT2D eigenvalue weighted by atomic mass is 79.9. The first-order valence-electron chi connectivity index (χ1n) is 5.82. The second-order valence-corrected chi connectivity index (χ2v) is 5.49. The molecule has 0 saturated heterocycles. The summed E-state index contributed by atoms with van der Waals surface area (Å²) in [6.45, 7) is 1.65. The van der Waals surface area contributed by atoms with Crippen LogP contribution in [0, 0.1) is 24.4 Å². The molecule has 0 fully saturated rings. The number of aryl methyl sites for hydroxylation is 1. The van der Waals surface area contributed by atoms with Crippen molar-refractivity contribution in [2.24, 2.45) is 0 Å². The van der Waals surface area contributed by atoms with Crippen LogP contribution in [-0.4, -0.2) is 0 Å². The summed E-state index contributed by atoms with van der Waals surface area (Å²) < 4.78 is 40.3. The Morgan fingerprint density at radius 1 is 1.00 bits per heavy atom. The first-order chi connectivity index (χ1) is 8.99. The van der Waals surface area contributed by atoms with Crippen molar-refractivity contribution >= 4 is 15.9 Å². The number of hydrogen-bond donors (Lipinski definition) is 0. The summed E-state index contributed by atoms with van der Waals surface area (Å²) in [5.74, 6) is -1.42. The zero-order valence-corrected chi connectivity index (χ0v) is 11.8. The summed E-state index contributed by atoms with van der Waals surface area (Å²) in [4.78, 5) is -0.266. The molecule has 0 nitrogen and oxygen atoms in total. The van der Waals surface area contributed by atoms with Crippen LogP contribution >= 0.6 is 15.9 Å². The molecule has 0 aliphatic heterocycles. The van der Waals surface area contributed by atoms with Gasteiger partial charge in [-0.2, -0.15) is 0 Å². The van der Waals surface area contributed by atoms with Gasteiger partial charge in [0.05, 0.1) is 0 Å². The standard InChI is InChI=1S/C15H12BrF3/c1-9-7-10(5-6-13(9)17)12(16)8-11-14(18)3-2-4-15(11)19/h2-7,12H,8H2,1H3. The fourth-order valence-corrected chi connectivity index (χ4v) is 2.50. The van der Waals surface area contributed by atoms with Gasteiger partial charge in [-0.3, -0.25) is 0 Å². The van der Waals surface area contributed by atoms with Crippen molar-refractivity contribution in [3.05, 3.63) is 70.5 Å². The minimum absolute atomic E-state index is 0.0337. The lowest BCUT2D eigenvalue weighted by Crippen LogP contribution is -2.02. The summed E-state index contributed by atoms with van der Waals surface area (Å²) >= 11 is 3.39. The zero-order chi connectivity index (χ0) is 14.0. The Balaban J connectivity index is 2.25. The Kier molecular flexibility index (Phi) is 4.30. The summed E-state index contributed by atoms with van der Waals surface area (Å²) in [7, 11) is 0. The molecule has 0 aliphatic carbocycles. The molecule has 1 atom stereocenters. The normalized spacial score (nSPS) is 12.5. The molecule has 0 amide bonds. The molecule has 0 heterocycles. The monoisotopic (exact) mass is 328 g/mol. The third-order valence-corrected chi connectivity index (χ3v) is 3.84. The second kappa shape index (κ2) is 5.78. The summed E-state index contributed by atoms with van der Waals surface area (Å²) in [5, 5.41) is 0. The lowest BCUT2D eigenvalue weighted by Gasteiger charge is -2.12. The Morgan fingerprint density at radius 2 is 1.63 bits per heavy atom. The summed E-state index contributed by atoms with van der Waals surface area (Å²) in [5.41, 5.74) is 1.34. The van der Waals surface area contributed by atoms with Gasteiger partial charge in [0, 0.05) is 10.4 Å². The van der Waals surface area contributed by atoms with Gasteiger partial charge in [-0.05, 0) is 42.7 Å². The van der Waals surface area contributed by atoms with Crippen LogP contribution in [0.15, 0.2) is 36.4 Å². The molecule has 2 rings (SSSR count). The van der Waals surface area contributed by atoms with Crippen molar-refractivity contribution in [1.29, 1.82) is 0 Å². The van der Waals surface area contributed by atoms with Crippen LogP contribution < -0.4 is 0 Å². The van der Waals surface area contributed by atoms with E-state index >= 15 is 0 Å². The van der Waals surface area contributed by atoms with Crippen molar-refractivity contribution in [3.63, 3.8) is 0 Å². The molecule has 0 aromatic heterocycles. The molecule has 2 aromatic carbocycles. The van der Waals surface area contributed by atoms with Crippen molar-refractivity contribution in [1.82, 2.24) is 0 Å². The third-order valence-electron chi connectivity index (χ3n) is 2.99. The van der Waals surface area contributed by atoms with Gasteiger partial charge in [-0.1, -0.05) is 34.1 Å². The van der Waals surface area contributed by atoms with Crippen molar-refractivity contribution in [2.75, 3.05) is 0 Å². The number of rotatable bonds is 3. The fraction of sp³-hybridized carbons (Fsp3) is 0.200.